The van der Waals surface area contributed by atoms with E-state index in [0.717, 1.165) is 45.4 Å². The monoisotopic (exact) mass is 267 g/mol. The standard InChI is InChI=1S/C12H21N5O2/c1-2-7-17(8-9-3-5-13-6-4-9)10-11(18)14-12(19)16-15-10/h9,13H,2-8H2,1H3,(H2,14,16,18,19). The van der Waals surface area contributed by atoms with Gasteiger partial charge in [-0.3, -0.25) is 9.78 Å². The molecular weight excluding hydrogens is 246 g/mol. The predicted octanol–water partition coefficient (Wildman–Crippen LogP) is -0.326. The van der Waals surface area contributed by atoms with Crippen LogP contribution in [-0.2, 0) is 0 Å². The molecule has 7 heteroatoms. The first-order chi connectivity index (χ1) is 9.20. The maximum atomic E-state index is 11.8. The lowest BCUT2D eigenvalue weighted by Gasteiger charge is -2.29. The van der Waals surface area contributed by atoms with Crippen LogP contribution in [0.5, 0.6) is 0 Å². The van der Waals surface area contributed by atoms with Crippen LogP contribution in [0.4, 0.5) is 5.82 Å². The maximum Gasteiger partial charge on any atom is 0.342 e. The lowest BCUT2D eigenvalue weighted by Crippen LogP contribution is -2.40. The van der Waals surface area contributed by atoms with E-state index in [1.165, 1.54) is 0 Å². The highest BCUT2D eigenvalue weighted by atomic mass is 16.2. The summed E-state index contributed by atoms with van der Waals surface area (Å²) in [7, 11) is 0. The molecule has 0 unspecified atom stereocenters. The summed E-state index contributed by atoms with van der Waals surface area (Å²) in [5, 5.41) is 9.52. The van der Waals surface area contributed by atoms with Crippen molar-refractivity contribution in [3.63, 3.8) is 0 Å². The van der Waals surface area contributed by atoms with Crippen molar-refractivity contribution < 1.29 is 0 Å². The van der Waals surface area contributed by atoms with E-state index in [1.807, 2.05) is 4.90 Å². The highest BCUT2D eigenvalue weighted by Crippen LogP contribution is 2.15. The van der Waals surface area contributed by atoms with Crippen LogP contribution in [0.25, 0.3) is 0 Å². The topological polar surface area (TPSA) is 93.9 Å². The Morgan fingerprint density at radius 3 is 2.68 bits per heavy atom. The van der Waals surface area contributed by atoms with Crippen LogP contribution in [0.15, 0.2) is 9.59 Å². The van der Waals surface area contributed by atoms with Gasteiger partial charge in [-0.15, -0.1) is 5.10 Å². The predicted molar refractivity (Wildman–Crippen MR) is 73.6 cm³/mol. The Morgan fingerprint density at radius 1 is 1.32 bits per heavy atom. The van der Waals surface area contributed by atoms with Gasteiger partial charge in [0, 0.05) is 13.1 Å². The number of anilines is 1. The molecule has 1 aliphatic heterocycles. The number of aromatic nitrogens is 3. The summed E-state index contributed by atoms with van der Waals surface area (Å²) in [6.45, 7) is 5.71. The second-order valence-corrected chi connectivity index (χ2v) is 4.97. The van der Waals surface area contributed by atoms with E-state index in [0.29, 0.717) is 11.7 Å². The molecule has 0 aliphatic carbocycles. The van der Waals surface area contributed by atoms with Crippen molar-refractivity contribution in [2.75, 3.05) is 31.1 Å². The van der Waals surface area contributed by atoms with Gasteiger partial charge in [0.15, 0.2) is 0 Å². The first-order valence-corrected chi connectivity index (χ1v) is 6.85. The van der Waals surface area contributed by atoms with Crippen molar-refractivity contribution in [2.24, 2.45) is 5.92 Å². The zero-order valence-electron chi connectivity index (χ0n) is 11.2. The Kier molecular flexibility index (Phi) is 4.73. The number of aromatic amines is 2. The minimum atomic E-state index is -0.563. The molecule has 1 aromatic heterocycles. The van der Waals surface area contributed by atoms with Crippen molar-refractivity contribution in [2.45, 2.75) is 26.2 Å². The van der Waals surface area contributed by atoms with Crippen LogP contribution in [0, 0.1) is 5.92 Å². The lowest BCUT2D eigenvalue weighted by molar-refractivity contribution is 0.372. The molecule has 19 heavy (non-hydrogen) atoms. The molecule has 7 nitrogen and oxygen atoms in total. The Bertz CT molecular complexity index is 503. The highest BCUT2D eigenvalue weighted by molar-refractivity contribution is 5.33. The first-order valence-electron chi connectivity index (χ1n) is 6.85. The molecule has 0 radical (unpaired) electrons. The zero-order chi connectivity index (χ0) is 13.7. The van der Waals surface area contributed by atoms with Crippen molar-refractivity contribution in [1.29, 1.82) is 0 Å². The molecule has 1 saturated heterocycles. The number of hydrogen-bond donors (Lipinski definition) is 3. The third-order valence-corrected chi connectivity index (χ3v) is 3.42. The molecule has 0 spiro atoms. The molecule has 1 fully saturated rings. The molecule has 0 saturated carbocycles. The fourth-order valence-electron chi connectivity index (χ4n) is 2.49. The van der Waals surface area contributed by atoms with Gasteiger partial charge in [0.25, 0.3) is 5.56 Å². The minimum absolute atomic E-state index is 0.319. The maximum absolute atomic E-state index is 11.8. The third-order valence-electron chi connectivity index (χ3n) is 3.42. The zero-order valence-corrected chi connectivity index (χ0v) is 11.2. The summed E-state index contributed by atoms with van der Waals surface area (Å²) in [5.41, 5.74) is -0.974. The summed E-state index contributed by atoms with van der Waals surface area (Å²) in [4.78, 5) is 27.0. The van der Waals surface area contributed by atoms with Gasteiger partial charge in [-0.05, 0) is 38.3 Å². The number of piperidine rings is 1. The number of hydrogen-bond acceptors (Lipinski definition) is 5. The summed E-state index contributed by atoms with van der Waals surface area (Å²) in [6, 6.07) is 0. The fraction of sp³-hybridized carbons (Fsp3) is 0.750. The van der Waals surface area contributed by atoms with Gasteiger partial charge in [0.1, 0.15) is 0 Å². The van der Waals surface area contributed by atoms with E-state index >= 15 is 0 Å². The van der Waals surface area contributed by atoms with Gasteiger partial charge in [0.05, 0.1) is 0 Å². The van der Waals surface area contributed by atoms with E-state index in [1.54, 1.807) is 0 Å². The van der Waals surface area contributed by atoms with E-state index in [-0.39, 0.29) is 0 Å². The van der Waals surface area contributed by atoms with Crippen LogP contribution in [-0.4, -0.2) is 41.4 Å². The normalized spacial score (nSPS) is 16.5. The summed E-state index contributed by atoms with van der Waals surface area (Å²) < 4.78 is 0. The quantitative estimate of drug-likeness (QED) is 0.679. The average molecular weight is 267 g/mol. The van der Waals surface area contributed by atoms with Gasteiger partial charge >= 0.3 is 5.69 Å². The third kappa shape index (κ3) is 3.66. The second-order valence-electron chi connectivity index (χ2n) is 4.97. The van der Waals surface area contributed by atoms with Gasteiger partial charge in [-0.25, -0.2) is 9.89 Å². The van der Waals surface area contributed by atoms with Crippen LogP contribution in [0.3, 0.4) is 0 Å². The molecule has 0 amide bonds. The molecule has 106 valence electrons. The largest absolute Gasteiger partial charge is 0.350 e. The SMILES string of the molecule is CCCN(CC1CCNCC1)c1n[nH]c(=O)[nH]c1=O. The van der Waals surface area contributed by atoms with Crippen molar-refractivity contribution in [1.82, 2.24) is 20.5 Å². The Labute approximate surface area is 111 Å². The van der Waals surface area contributed by atoms with E-state index in [2.05, 4.69) is 27.4 Å². The minimum Gasteiger partial charge on any atom is -0.350 e. The van der Waals surface area contributed by atoms with Crippen molar-refractivity contribution in [3.05, 3.63) is 20.8 Å². The van der Waals surface area contributed by atoms with E-state index < -0.39 is 11.2 Å². The number of H-pyrrole nitrogens is 2. The molecule has 0 atom stereocenters. The Hall–Kier alpha value is -1.63. The molecule has 1 aliphatic rings. The van der Waals surface area contributed by atoms with Crippen LogP contribution >= 0.6 is 0 Å². The fourth-order valence-corrected chi connectivity index (χ4v) is 2.49. The summed E-state index contributed by atoms with van der Waals surface area (Å²) >= 11 is 0. The van der Waals surface area contributed by atoms with Crippen molar-refractivity contribution in [3.8, 4) is 0 Å². The van der Waals surface area contributed by atoms with Crippen molar-refractivity contribution >= 4 is 5.82 Å². The molecule has 1 aromatic rings. The van der Waals surface area contributed by atoms with E-state index in [9.17, 15) is 9.59 Å². The number of nitrogens with zero attached hydrogens (tertiary/aromatic N) is 2. The van der Waals surface area contributed by atoms with E-state index in [4.69, 9.17) is 0 Å². The smallest absolute Gasteiger partial charge is 0.342 e. The molecule has 2 rings (SSSR count). The molecular formula is C12H21N5O2. The Morgan fingerprint density at radius 2 is 2.05 bits per heavy atom. The van der Waals surface area contributed by atoms with Gasteiger partial charge in [-0.1, -0.05) is 6.92 Å². The van der Waals surface area contributed by atoms with Gasteiger partial charge in [-0.2, -0.15) is 0 Å². The number of rotatable bonds is 5. The second kappa shape index (κ2) is 6.51. The molecule has 0 aromatic carbocycles. The first kappa shape index (κ1) is 13.8. The molecule has 2 heterocycles. The summed E-state index contributed by atoms with van der Waals surface area (Å²) in [5.74, 6) is 0.890. The average Bonchev–Trinajstić information content (AvgIpc) is 2.39. The van der Waals surface area contributed by atoms with Gasteiger partial charge < -0.3 is 10.2 Å². The van der Waals surface area contributed by atoms with Gasteiger partial charge in [0.2, 0.25) is 5.82 Å². The lowest BCUT2D eigenvalue weighted by atomic mass is 9.97. The summed E-state index contributed by atoms with van der Waals surface area (Å²) in [6.07, 6.45) is 3.16. The van der Waals surface area contributed by atoms with Crippen LogP contribution in [0.2, 0.25) is 0 Å². The van der Waals surface area contributed by atoms with Crippen LogP contribution in [0.1, 0.15) is 26.2 Å². The van der Waals surface area contributed by atoms with Crippen LogP contribution < -0.4 is 21.5 Å². The molecule has 3 N–H and O–H groups in total. The number of nitrogens with one attached hydrogen (secondary N) is 3. The Balaban J connectivity index is 2.14. The molecule has 0 bridgehead atoms. The highest BCUT2D eigenvalue weighted by Gasteiger charge is 2.19.